The molecule has 152 valence electrons. The molecule has 2 aliphatic rings. The molecule has 2 fully saturated rings. The van der Waals surface area contributed by atoms with Crippen molar-refractivity contribution in [1.82, 2.24) is 35.9 Å². The molecule has 0 aliphatic carbocycles. The van der Waals surface area contributed by atoms with E-state index >= 15 is 0 Å². The van der Waals surface area contributed by atoms with Crippen molar-refractivity contribution in [3.63, 3.8) is 0 Å². The number of piperidine rings is 2. The Hall–Kier alpha value is -3.26. The molecular weight excluding hydrogens is 378 g/mol. The first-order valence-corrected chi connectivity index (χ1v) is 10.6. The molecule has 2 atom stereocenters. The first kappa shape index (κ1) is 17.6. The van der Waals surface area contributed by atoms with Crippen LogP contribution in [0.25, 0.3) is 33.3 Å². The minimum absolute atomic E-state index is 0.218. The van der Waals surface area contributed by atoms with Crippen molar-refractivity contribution in [2.45, 2.75) is 50.3 Å². The number of rotatable bonds is 4. The van der Waals surface area contributed by atoms with Crippen molar-refractivity contribution in [2.75, 3.05) is 0 Å². The molecular formula is C22H23N7O. The van der Waals surface area contributed by atoms with Crippen molar-refractivity contribution >= 4 is 10.9 Å². The summed E-state index contributed by atoms with van der Waals surface area (Å²) in [4.78, 5) is 0. The highest BCUT2D eigenvalue weighted by atomic mass is 16.5. The Labute approximate surface area is 173 Å². The Morgan fingerprint density at radius 1 is 0.900 bits per heavy atom. The summed E-state index contributed by atoms with van der Waals surface area (Å²) in [5.41, 5.74) is 4.78. The van der Waals surface area contributed by atoms with Crippen LogP contribution in [0.3, 0.4) is 0 Å². The lowest BCUT2D eigenvalue weighted by atomic mass is 9.85. The zero-order valence-electron chi connectivity index (χ0n) is 16.5. The van der Waals surface area contributed by atoms with Crippen LogP contribution in [0, 0.1) is 0 Å². The SMILES string of the molecule is c1n[nH]cc1-c1ccc(-c2ccc(OC3CC4CCCC(C3)N4)nn2)c2[nH]ncc12. The van der Waals surface area contributed by atoms with E-state index in [4.69, 9.17) is 4.74 Å². The van der Waals surface area contributed by atoms with Gasteiger partial charge < -0.3 is 10.1 Å². The van der Waals surface area contributed by atoms with Crippen LogP contribution in [-0.2, 0) is 0 Å². The summed E-state index contributed by atoms with van der Waals surface area (Å²) in [6.07, 6.45) is 11.6. The van der Waals surface area contributed by atoms with Crippen molar-refractivity contribution in [1.29, 1.82) is 0 Å². The third-order valence-electron chi connectivity index (χ3n) is 6.30. The summed E-state index contributed by atoms with van der Waals surface area (Å²) < 4.78 is 6.18. The number of aromatic amines is 2. The normalized spacial score (nSPS) is 23.5. The number of nitrogens with one attached hydrogen (secondary N) is 3. The maximum absolute atomic E-state index is 6.18. The number of hydrogen-bond donors (Lipinski definition) is 3. The number of benzene rings is 1. The van der Waals surface area contributed by atoms with Gasteiger partial charge in [-0.25, -0.2) is 0 Å². The minimum Gasteiger partial charge on any atom is -0.473 e. The fraction of sp³-hybridized carbons (Fsp3) is 0.364. The van der Waals surface area contributed by atoms with Gasteiger partial charge in [0.05, 0.1) is 23.6 Å². The fourth-order valence-electron chi connectivity index (χ4n) is 4.91. The summed E-state index contributed by atoms with van der Waals surface area (Å²) in [6, 6.07) is 9.16. The molecule has 0 amide bonds. The zero-order valence-corrected chi connectivity index (χ0v) is 16.5. The van der Waals surface area contributed by atoms with Crippen LogP contribution in [0.15, 0.2) is 42.9 Å². The highest BCUT2D eigenvalue weighted by Gasteiger charge is 2.32. The molecule has 4 aromatic rings. The second-order valence-electron chi connectivity index (χ2n) is 8.27. The summed E-state index contributed by atoms with van der Waals surface area (Å²) >= 11 is 0. The van der Waals surface area contributed by atoms with E-state index in [-0.39, 0.29) is 6.10 Å². The lowest BCUT2D eigenvalue weighted by Gasteiger charge is -2.39. The summed E-state index contributed by atoms with van der Waals surface area (Å²) in [6.45, 7) is 0. The third kappa shape index (κ3) is 3.13. The van der Waals surface area contributed by atoms with Gasteiger partial charge in [0, 0.05) is 40.9 Å². The third-order valence-corrected chi connectivity index (χ3v) is 6.30. The second kappa shape index (κ2) is 7.21. The first-order valence-electron chi connectivity index (χ1n) is 10.6. The highest BCUT2D eigenvalue weighted by molar-refractivity contribution is 6.01. The Balaban J connectivity index is 1.25. The van der Waals surface area contributed by atoms with E-state index in [0.29, 0.717) is 18.0 Å². The van der Waals surface area contributed by atoms with Gasteiger partial charge in [0.25, 0.3) is 0 Å². The summed E-state index contributed by atoms with van der Waals surface area (Å²) in [7, 11) is 0. The molecule has 2 saturated heterocycles. The van der Waals surface area contributed by atoms with Crippen molar-refractivity contribution in [3.05, 3.63) is 42.9 Å². The van der Waals surface area contributed by atoms with Gasteiger partial charge in [0.1, 0.15) is 6.10 Å². The molecule has 2 unspecified atom stereocenters. The smallest absolute Gasteiger partial charge is 0.233 e. The van der Waals surface area contributed by atoms with Gasteiger partial charge in [-0.1, -0.05) is 12.5 Å². The molecule has 30 heavy (non-hydrogen) atoms. The monoisotopic (exact) mass is 401 g/mol. The van der Waals surface area contributed by atoms with Crippen molar-refractivity contribution in [2.24, 2.45) is 0 Å². The van der Waals surface area contributed by atoms with Crippen LogP contribution in [0.5, 0.6) is 5.88 Å². The largest absolute Gasteiger partial charge is 0.473 e. The predicted octanol–water partition coefficient (Wildman–Crippen LogP) is 3.46. The van der Waals surface area contributed by atoms with E-state index < -0.39 is 0 Å². The molecule has 1 aromatic carbocycles. The average Bonchev–Trinajstić information content (AvgIpc) is 3.46. The van der Waals surface area contributed by atoms with Crippen LogP contribution < -0.4 is 10.1 Å². The highest BCUT2D eigenvalue weighted by Crippen LogP contribution is 2.34. The predicted molar refractivity (Wildman–Crippen MR) is 113 cm³/mol. The number of nitrogens with zero attached hydrogens (tertiary/aromatic N) is 4. The molecule has 8 nitrogen and oxygen atoms in total. The average molecular weight is 401 g/mol. The van der Waals surface area contributed by atoms with Crippen LogP contribution in [0.1, 0.15) is 32.1 Å². The minimum atomic E-state index is 0.218. The molecule has 6 rings (SSSR count). The van der Waals surface area contributed by atoms with Gasteiger partial charge in [-0.3, -0.25) is 10.2 Å². The van der Waals surface area contributed by atoms with Gasteiger partial charge in [-0.2, -0.15) is 10.2 Å². The Morgan fingerprint density at radius 2 is 1.77 bits per heavy atom. The van der Waals surface area contributed by atoms with Gasteiger partial charge in [0.15, 0.2) is 0 Å². The van der Waals surface area contributed by atoms with Gasteiger partial charge in [-0.15, -0.1) is 10.2 Å². The van der Waals surface area contributed by atoms with E-state index in [1.54, 1.807) is 0 Å². The number of ether oxygens (including phenoxy) is 1. The van der Waals surface area contributed by atoms with Crippen LogP contribution in [0.4, 0.5) is 0 Å². The molecule has 2 bridgehead atoms. The molecule has 3 aromatic heterocycles. The number of aromatic nitrogens is 6. The summed E-state index contributed by atoms with van der Waals surface area (Å²) in [5, 5.41) is 27.8. The lowest BCUT2D eigenvalue weighted by molar-refractivity contribution is 0.0881. The summed E-state index contributed by atoms with van der Waals surface area (Å²) in [5.74, 6) is 0.597. The van der Waals surface area contributed by atoms with Crippen LogP contribution in [0.2, 0.25) is 0 Å². The number of fused-ring (bicyclic) bond motifs is 3. The Bertz CT molecular complexity index is 1140. The van der Waals surface area contributed by atoms with Gasteiger partial charge in [0.2, 0.25) is 5.88 Å². The number of H-pyrrole nitrogens is 2. The standard InChI is InChI=1S/C22H23N7O/c1-2-14-8-16(9-15(3-1)26-14)30-21-7-6-20(27-28-21)18-5-4-17(13-10-23-24-11-13)19-12-25-29-22(18)19/h4-7,10-12,14-16,26H,1-3,8-9H2,(H,23,24)(H,25,29). The fourth-order valence-corrected chi connectivity index (χ4v) is 4.91. The molecule has 0 spiro atoms. The molecule has 0 saturated carbocycles. The molecule has 2 aliphatic heterocycles. The van der Waals surface area contributed by atoms with Crippen LogP contribution >= 0.6 is 0 Å². The molecule has 5 heterocycles. The quantitative estimate of drug-likeness (QED) is 0.484. The van der Waals surface area contributed by atoms with E-state index in [2.05, 4.69) is 42.0 Å². The Kier molecular flexibility index (Phi) is 4.23. The molecule has 0 radical (unpaired) electrons. The topological polar surface area (TPSA) is 104 Å². The van der Waals surface area contributed by atoms with E-state index in [0.717, 1.165) is 46.1 Å². The van der Waals surface area contributed by atoms with Crippen molar-refractivity contribution in [3.8, 4) is 28.3 Å². The number of hydrogen-bond acceptors (Lipinski definition) is 6. The second-order valence-corrected chi connectivity index (χ2v) is 8.27. The van der Waals surface area contributed by atoms with Gasteiger partial charge >= 0.3 is 0 Å². The van der Waals surface area contributed by atoms with E-state index in [1.807, 2.05) is 36.8 Å². The van der Waals surface area contributed by atoms with E-state index in [1.165, 1.54) is 19.3 Å². The van der Waals surface area contributed by atoms with Crippen LogP contribution in [-0.4, -0.2) is 48.8 Å². The Morgan fingerprint density at radius 3 is 2.53 bits per heavy atom. The zero-order chi connectivity index (χ0) is 19.9. The molecule has 8 heteroatoms. The van der Waals surface area contributed by atoms with Gasteiger partial charge in [-0.05, 0) is 43.4 Å². The maximum Gasteiger partial charge on any atom is 0.233 e. The lowest BCUT2D eigenvalue weighted by Crippen LogP contribution is -2.51. The molecule has 3 N–H and O–H groups in total. The van der Waals surface area contributed by atoms with Crippen molar-refractivity contribution < 1.29 is 4.74 Å². The van der Waals surface area contributed by atoms with E-state index in [9.17, 15) is 0 Å². The maximum atomic E-state index is 6.18. The first-order chi connectivity index (χ1) is 14.8.